The molecule has 4 aromatic rings. The third-order valence-corrected chi connectivity index (χ3v) is 5.65. The molecule has 0 bridgehead atoms. The second-order valence-electron chi connectivity index (χ2n) is 7.78. The standard InChI is InChI=1S/C23H17F4N5O/c1-30-22(14-8-18(25)21(27)19(26)9-14)17-5-6-31(12-20(17)29-30)23(33)13-3-2-4-16(7-13)32-11-15(24)10-28-32/h2-4,7-11H,5-6,12H2,1H3. The molecular weight excluding hydrogens is 438 g/mol. The van der Waals surface area contributed by atoms with Crippen LogP contribution in [0, 0.1) is 23.3 Å². The van der Waals surface area contributed by atoms with Gasteiger partial charge >= 0.3 is 0 Å². The van der Waals surface area contributed by atoms with Crippen LogP contribution in [0.5, 0.6) is 0 Å². The first-order valence-electron chi connectivity index (χ1n) is 10.1. The van der Waals surface area contributed by atoms with Crippen molar-refractivity contribution in [1.29, 1.82) is 0 Å². The minimum Gasteiger partial charge on any atom is -0.332 e. The Labute approximate surface area is 185 Å². The molecule has 5 rings (SSSR count). The zero-order valence-electron chi connectivity index (χ0n) is 17.4. The summed E-state index contributed by atoms with van der Waals surface area (Å²) in [6.45, 7) is 0.562. The summed E-state index contributed by atoms with van der Waals surface area (Å²) >= 11 is 0. The molecule has 0 spiro atoms. The van der Waals surface area contributed by atoms with Crippen LogP contribution >= 0.6 is 0 Å². The summed E-state index contributed by atoms with van der Waals surface area (Å²) < 4.78 is 57.1. The van der Waals surface area contributed by atoms with Gasteiger partial charge in [-0.2, -0.15) is 10.2 Å². The van der Waals surface area contributed by atoms with Crippen LogP contribution in [0.25, 0.3) is 16.9 Å². The van der Waals surface area contributed by atoms with Crippen molar-refractivity contribution >= 4 is 5.91 Å². The van der Waals surface area contributed by atoms with Crippen molar-refractivity contribution in [2.24, 2.45) is 7.05 Å². The van der Waals surface area contributed by atoms with E-state index in [9.17, 15) is 22.4 Å². The molecule has 1 aliphatic heterocycles. The van der Waals surface area contributed by atoms with Gasteiger partial charge in [-0.25, -0.2) is 22.2 Å². The highest BCUT2D eigenvalue weighted by atomic mass is 19.2. The van der Waals surface area contributed by atoms with Gasteiger partial charge in [0.15, 0.2) is 23.3 Å². The van der Waals surface area contributed by atoms with Gasteiger partial charge in [-0.15, -0.1) is 0 Å². The highest BCUT2D eigenvalue weighted by Crippen LogP contribution is 2.32. The predicted octanol–water partition coefficient (Wildman–Crippen LogP) is 4.03. The Morgan fingerprint density at radius 1 is 1.06 bits per heavy atom. The number of amides is 1. The van der Waals surface area contributed by atoms with Crippen LogP contribution in [0.3, 0.4) is 0 Å². The third-order valence-electron chi connectivity index (χ3n) is 5.65. The smallest absolute Gasteiger partial charge is 0.254 e. The maximum Gasteiger partial charge on any atom is 0.254 e. The van der Waals surface area contributed by atoms with Crippen LogP contribution in [0.4, 0.5) is 17.6 Å². The lowest BCUT2D eigenvalue weighted by atomic mass is 9.99. The average molecular weight is 455 g/mol. The second kappa shape index (κ2) is 7.88. The summed E-state index contributed by atoms with van der Waals surface area (Å²) in [4.78, 5) is 14.8. The minimum absolute atomic E-state index is 0.182. The maximum atomic E-state index is 13.8. The zero-order chi connectivity index (χ0) is 23.3. The van der Waals surface area contributed by atoms with Crippen molar-refractivity contribution in [3.05, 3.63) is 88.9 Å². The van der Waals surface area contributed by atoms with Crippen LogP contribution in [0.1, 0.15) is 21.6 Å². The van der Waals surface area contributed by atoms with Crippen molar-refractivity contribution in [2.75, 3.05) is 6.54 Å². The first-order valence-corrected chi connectivity index (χ1v) is 10.1. The molecule has 2 aromatic heterocycles. The summed E-state index contributed by atoms with van der Waals surface area (Å²) in [6.07, 6.45) is 2.71. The molecule has 1 amide bonds. The fourth-order valence-electron chi connectivity index (χ4n) is 4.15. The van der Waals surface area contributed by atoms with E-state index < -0.39 is 23.3 Å². The molecule has 0 radical (unpaired) electrons. The number of hydrogen-bond donors (Lipinski definition) is 0. The topological polar surface area (TPSA) is 56.0 Å². The van der Waals surface area contributed by atoms with E-state index in [1.54, 1.807) is 36.2 Å². The lowest BCUT2D eigenvalue weighted by Gasteiger charge is -2.27. The van der Waals surface area contributed by atoms with Gasteiger partial charge in [-0.05, 0) is 36.8 Å². The molecule has 33 heavy (non-hydrogen) atoms. The first-order chi connectivity index (χ1) is 15.8. The molecule has 0 aliphatic carbocycles. The summed E-state index contributed by atoms with van der Waals surface area (Å²) in [5.74, 6) is -4.79. The Kier molecular flexibility index (Phi) is 4.99. The quantitative estimate of drug-likeness (QED) is 0.346. The van der Waals surface area contributed by atoms with E-state index in [-0.39, 0.29) is 18.0 Å². The van der Waals surface area contributed by atoms with E-state index in [1.807, 2.05) is 0 Å². The molecule has 0 unspecified atom stereocenters. The minimum atomic E-state index is -1.52. The molecule has 10 heteroatoms. The number of fused-ring (bicyclic) bond motifs is 1. The molecule has 3 heterocycles. The normalized spacial score (nSPS) is 13.3. The van der Waals surface area contributed by atoms with Crippen LogP contribution in [0.15, 0.2) is 48.8 Å². The fraction of sp³-hybridized carbons (Fsp3) is 0.174. The van der Waals surface area contributed by atoms with Crippen LogP contribution < -0.4 is 0 Å². The second-order valence-corrected chi connectivity index (χ2v) is 7.78. The van der Waals surface area contributed by atoms with E-state index in [4.69, 9.17) is 0 Å². The van der Waals surface area contributed by atoms with E-state index in [1.165, 1.54) is 15.6 Å². The summed E-state index contributed by atoms with van der Waals surface area (Å²) in [7, 11) is 1.63. The monoisotopic (exact) mass is 455 g/mol. The largest absolute Gasteiger partial charge is 0.332 e. The van der Waals surface area contributed by atoms with Gasteiger partial charge in [-0.1, -0.05) is 6.07 Å². The van der Waals surface area contributed by atoms with E-state index >= 15 is 0 Å². The van der Waals surface area contributed by atoms with E-state index in [0.717, 1.165) is 23.9 Å². The van der Waals surface area contributed by atoms with Crippen molar-refractivity contribution in [3.63, 3.8) is 0 Å². The zero-order valence-corrected chi connectivity index (χ0v) is 17.4. The molecular formula is C23H17F4N5O. The van der Waals surface area contributed by atoms with Gasteiger partial charge in [0, 0.05) is 30.3 Å². The number of rotatable bonds is 3. The number of hydrogen-bond acceptors (Lipinski definition) is 3. The third kappa shape index (κ3) is 3.67. The van der Waals surface area contributed by atoms with Crippen LogP contribution in [0.2, 0.25) is 0 Å². The Morgan fingerprint density at radius 3 is 2.52 bits per heavy atom. The van der Waals surface area contributed by atoms with E-state index in [2.05, 4.69) is 10.2 Å². The molecule has 6 nitrogen and oxygen atoms in total. The molecule has 0 saturated heterocycles. The van der Waals surface area contributed by atoms with Crippen LogP contribution in [-0.4, -0.2) is 36.9 Å². The number of carbonyl (C=O) groups is 1. The van der Waals surface area contributed by atoms with Crippen molar-refractivity contribution < 1.29 is 22.4 Å². The molecule has 2 aromatic carbocycles. The Bertz CT molecular complexity index is 1370. The van der Waals surface area contributed by atoms with Gasteiger partial charge < -0.3 is 4.90 Å². The molecule has 0 N–H and O–H groups in total. The van der Waals surface area contributed by atoms with Gasteiger partial charge in [-0.3, -0.25) is 9.48 Å². The van der Waals surface area contributed by atoms with Crippen molar-refractivity contribution in [2.45, 2.75) is 13.0 Å². The van der Waals surface area contributed by atoms with E-state index in [0.29, 0.717) is 35.6 Å². The summed E-state index contributed by atoms with van der Waals surface area (Å²) in [6, 6.07) is 8.57. The lowest BCUT2D eigenvalue weighted by Crippen LogP contribution is -2.36. The van der Waals surface area contributed by atoms with Gasteiger partial charge in [0.2, 0.25) is 0 Å². The molecule has 0 fully saturated rings. The van der Waals surface area contributed by atoms with Gasteiger partial charge in [0.05, 0.1) is 36.0 Å². The number of nitrogens with zero attached hydrogens (tertiary/aromatic N) is 5. The van der Waals surface area contributed by atoms with Crippen molar-refractivity contribution in [3.8, 4) is 16.9 Å². The highest BCUT2D eigenvalue weighted by Gasteiger charge is 2.28. The number of benzene rings is 2. The van der Waals surface area contributed by atoms with Crippen molar-refractivity contribution in [1.82, 2.24) is 24.5 Å². The highest BCUT2D eigenvalue weighted by molar-refractivity contribution is 5.95. The molecule has 168 valence electrons. The van der Waals surface area contributed by atoms with Crippen LogP contribution in [-0.2, 0) is 20.0 Å². The number of carbonyl (C=O) groups excluding carboxylic acids is 1. The first kappa shape index (κ1) is 20.9. The van der Waals surface area contributed by atoms with Gasteiger partial charge in [0.25, 0.3) is 5.91 Å². The molecule has 0 atom stereocenters. The molecule has 1 aliphatic rings. The lowest BCUT2D eigenvalue weighted by molar-refractivity contribution is 0.0732. The Morgan fingerprint density at radius 2 is 1.82 bits per heavy atom. The predicted molar refractivity (Wildman–Crippen MR) is 110 cm³/mol. The number of aromatic nitrogens is 4. The Hall–Kier alpha value is -3.95. The Balaban J connectivity index is 1.43. The maximum absolute atomic E-state index is 13.8. The SMILES string of the molecule is Cn1nc2c(c1-c1cc(F)c(F)c(F)c1)CCN(C(=O)c1cccc(-n3cc(F)cn3)c1)C2. The van der Waals surface area contributed by atoms with Gasteiger partial charge in [0.1, 0.15) is 0 Å². The average Bonchev–Trinajstić information content (AvgIpc) is 3.38. The fourth-order valence-corrected chi connectivity index (χ4v) is 4.15. The molecule has 0 saturated carbocycles. The number of halogens is 4. The number of aryl methyl sites for hydroxylation is 1. The summed E-state index contributed by atoms with van der Waals surface area (Å²) in [5.41, 5.74) is 2.98. The summed E-state index contributed by atoms with van der Waals surface area (Å²) in [5, 5.41) is 8.35.